The standard InChI is InChI=1S/C12H19N5O2/c1-4-5-13-6-7-17-11(18)9-10(14-8-15(9)2)16(3)12(17)19/h8,13H,4-7H2,1-3H3. The average molecular weight is 265 g/mol. The van der Waals surface area contributed by atoms with Crippen LogP contribution in [0.15, 0.2) is 15.9 Å². The van der Waals surface area contributed by atoms with Gasteiger partial charge in [-0.05, 0) is 13.0 Å². The largest absolute Gasteiger partial charge is 0.332 e. The summed E-state index contributed by atoms with van der Waals surface area (Å²) < 4.78 is 4.32. The van der Waals surface area contributed by atoms with E-state index in [4.69, 9.17) is 0 Å². The molecule has 0 aliphatic carbocycles. The smallest absolute Gasteiger partial charge is 0.328 e. The van der Waals surface area contributed by atoms with Crippen molar-refractivity contribution in [2.45, 2.75) is 19.9 Å². The summed E-state index contributed by atoms with van der Waals surface area (Å²) in [6.07, 6.45) is 2.57. The zero-order valence-corrected chi connectivity index (χ0v) is 11.5. The van der Waals surface area contributed by atoms with Crippen LogP contribution in [0.2, 0.25) is 0 Å². The van der Waals surface area contributed by atoms with Crippen molar-refractivity contribution in [1.29, 1.82) is 0 Å². The van der Waals surface area contributed by atoms with E-state index in [2.05, 4.69) is 17.2 Å². The molecular weight excluding hydrogens is 246 g/mol. The van der Waals surface area contributed by atoms with Crippen LogP contribution < -0.4 is 16.6 Å². The summed E-state index contributed by atoms with van der Waals surface area (Å²) >= 11 is 0. The van der Waals surface area contributed by atoms with Gasteiger partial charge in [0.1, 0.15) is 0 Å². The molecule has 2 aromatic heterocycles. The summed E-state index contributed by atoms with van der Waals surface area (Å²) in [6, 6.07) is 0. The molecule has 2 rings (SSSR count). The van der Waals surface area contributed by atoms with Gasteiger partial charge in [-0.1, -0.05) is 6.92 Å². The van der Waals surface area contributed by atoms with Crippen LogP contribution in [0, 0.1) is 0 Å². The highest BCUT2D eigenvalue weighted by atomic mass is 16.2. The number of hydrogen-bond donors (Lipinski definition) is 1. The molecule has 0 saturated carbocycles. The Balaban J connectivity index is 2.46. The van der Waals surface area contributed by atoms with Crippen molar-refractivity contribution in [2.75, 3.05) is 13.1 Å². The topological polar surface area (TPSA) is 73.8 Å². The van der Waals surface area contributed by atoms with Crippen LogP contribution in [0.4, 0.5) is 0 Å². The fourth-order valence-corrected chi connectivity index (χ4v) is 2.09. The van der Waals surface area contributed by atoms with E-state index in [0.29, 0.717) is 24.3 Å². The maximum absolute atomic E-state index is 12.3. The van der Waals surface area contributed by atoms with Crippen molar-refractivity contribution in [2.24, 2.45) is 14.1 Å². The zero-order chi connectivity index (χ0) is 14.0. The first-order valence-corrected chi connectivity index (χ1v) is 6.39. The van der Waals surface area contributed by atoms with E-state index in [-0.39, 0.29) is 11.2 Å². The second-order valence-electron chi connectivity index (χ2n) is 4.58. The SMILES string of the molecule is CCCNCCn1c(=O)c2c(ncn2C)n(C)c1=O. The molecule has 0 fully saturated rings. The molecule has 0 bridgehead atoms. The number of fused-ring (bicyclic) bond motifs is 1. The molecule has 0 aliphatic rings. The molecule has 104 valence electrons. The molecule has 7 nitrogen and oxygen atoms in total. The molecule has 2 heterocycles. The van der Waals surface area contributed by atoms with E-state index in [0.717, 1.165) is 13.0 Å². The van der Waals surface area contributed by atoms with Crippen LogP contribution in [0.3, 0.4) is 0 Å². The molecule has 0 spiro atoms. The van der Waals surface area contributed by atoms with Gasteiger partial charge in [0.05, 0.1) is 6.33 Å². The predicted octanol–water partition coefficient (Wildman–Crippen LogP) is -0.567. The molecule has 0 unspecified atom stereocenters. The van der Waals surface area contributed by atoms with Crippen molar-refractivity contribution >= 4 is 11.2 Å². The maximum atomic E-state index is 12.3. The predicted molar refractivity (Wildman–Crippen MR) is 73.4 cm³/mol. The fraction of sp³-hybridized carbons (Fsp3) is 0.583. The van der Waals surface area contributed by atoms with Gasteiger partial charge in [-0.25, -0.2) is 9.78 Å². The van der Waals surface area contributed by atoms with Crippen LogP contribution in [0.25, 0.3) is 11.2 Å². The lowest BCUT2D eigenvalue weighted by Crippen LogP contribution is -2.41. The van der Waals surface area contributed by atoms with Crippen molar-refractivity contribution in [3.8, 4) is 0 Å². The maximum Gasteiger partial charge on any atom is 0.332 e. The van der Waals surface area contributed by atoms with Crippen molar-refractivity contribution in [1.82, 2.24) is 24.0 Å². The lowest BCUT2D eigenvalue weighted by Gasteiger charge is -2.09. The van der Waals surface area contributed by atoms with Gasteiger partial charge in [0, 0.05) is 27.2 Å². The summed E-state index contributed by atoms with van der Waals surface area (Å²) in [5, 5.41) is 3.18. The number of aromatic nitrogens is 4. The summed E-state index contributed by atoms with van der Waals surface area (Å²) in [6.45, 7) is 3.92. The molecule has 0 aromatic carbocycles. The quantitative estimate of drug-likeness (QED) is 0.735. The van der Waals surface area contributed by atoms with Crippen LogP contribution in [0.5, 0.6) is 0 Å². The lowest BCUT2D eigenvalue weighted by molar-refractivity contribution is 0.550. The molecule has 2 aromatic rings. The first-order chi connectivity index (χ1) is 9.07. The van der Waals surface area contributed by atoms with Crippen LogP contribution >= 0.6 is 0 Å². The van der Waals surface area contributed by atoms with E-state index in [1.165, 1.54) is 9.13 Å². The van der Waals surface area contributed by atoms with Gasteiger partial charge >= 0.3 is 5.69 Å². The van der Waals surface area contributed by atoms with Crippen molar-refractivity contribution in [3.05, 3.63) is 27.2 Å². The minimum atomic E-state index is -0.325. The van der Waals surface area contributed by atoms with E-state index in [1.807, 2.05) is 0 Å². The second-order valence-corrected chi connectivity index (χ2v) is 4.58. The van der Waals surface area contributed by atoms with Gasteiger partial charge in [-0.2, -0.15) is 0 Å². The summed E-state index contributed by atoms with van der Waals surface area (Å²) in [4.78, 5) is 28.5. The van der Waals surface area contributed by atoms with E-state index in [1.54, 1.807) is 25.0 Å². The van der Waals surface area contributed by atoms with Crippen molar-refractivity contribution in [3.63, 3.8) is 0 Å². The third-order valence-corrected chi connectivity index (χ3v) is 3.14. The molecule has 0 aliphatic heterocycles. The van der Waals surface area contributed by atoms with Gasteiger partial charge in [0.15, 0.2) is 11.2 Å². The molecule has 0 saturated heterocycles. The van der Waals surface area contributed by atoms with Crippen LogP contribution in [-0.4, -0.2) is 31.8 Å². The van der Waals surface area contributed by atoms with E-state index < -0.39 is 0 Å². The Kier molecular flexibility index (Phi) is 3.84. The summed E-state index contributed by atoms with van der Waals surface area (Å²) in [7, 11) is 3.38. The Morgan fingerprint density at radius 3 is 2.68 bits per heavy atom. The van der Waals surface area contributed by atoms with Crippen LogP contribution in [0.1, 0.15) is 13.3 Å². The first kappa shape index (κ1) is 13.5. The molecule has 0 amide bonds. The zero-order valence-electron chi connectivity index (χ0n) is 11.5. The number of hydrogen-bond acceptors (Lipinski definition) is 4. The number of rotatable bonds is 5. The van der Waals surface area contributed by atoms with Gasteiger partial charge in [-0.3, -0.25) is 13.9 Å². The van der Waals surface area contributed by atoms with Gasteiger partial charge in [0.25, 0.3) is 5.56 Å². The third kappa shape index (κ3) is 2.33. The highest BCUT2D eigenvalue weighted by Gasteiger charge is 2.14. The normalized spacial score (nSPS) is 11.3. The minimum Gasteiger partial charge on any atom is -0.328 e. The number of imidazole rings is 1. The minimum absolute atomic E-state index is 0.281. The number of nitrogens with zero attached hydrogens (tertiary/aromatic N) is 4. The van der Waals surface area contributed by atoms with Gasteiger partial charge in [0.2, 0.25) is 0 Å². The van der Waals surface area contributed by atoms with Gasteiger partial charge in [-0.15, -0.1) is 0 Å². The average Bonchev–Trinajstić information content (AvgIpc) is 2.77. The molecule has 1 N–H and O–H groups in total. The molecular formula is C12H19N5O2. The Hall–Kier alpha value is -1.89. The highest BCUT2D eigenvalue weighted by Crippen LogP contribution is 2.02. The van der Waals surface area contributed by atoms with Crippen LogP contribution in [-0.2, 0) is 20.6 Å². The molecule has 19 heavy (non-hydrogen) atoms. The Morgan fingerprint density at radius 1 is 1.26 bits per heavy atom. The number of nitrogens with one attached hydrogen (secondary N) is 1. The summed E-state index contributed by atoms with van der Waals surface area (Å²) in [5.41, 5.74) is 0.277. The second kappa shape index (κ2) is 5.40. The number of aryl methyl sites for hydroxylation is 2. The Morgan fingerprint density at radius 2 is 2.00 bits per heavy atom. The van der Waals surface area contributed by atoms with Crippen molar-refractivity contribution < 1.29 is 0 Å². The fourth-order valence-electron chi connectivity index (χ4n) is 2.09. The summed E-state index contributed by atoms with van der Waals surface area (Å²) in [5.74, 6) is 0. The monoisotopic (exact) mass is 265 g/mol. The lowest BCUT2D eigenvalue weighted by atomic mass is 10.4. The Labute approximate surface area is 110 Å². The van der Waals surface area contributed by atoms with Gasteiger partial charge < -0.3 is 9.88 Å². The van der Waals surface area contributed by atoms with E-state index >= 15 is 0 Å². The Bertz CT molecular complexity index is 694. The molecule has 0 atom stereocenters. The van der Waals surface area contributed by atoms with E-state index in [9.17, 15) is 9.59 Å². The highest BCUT2D eigenvalue weighted by molar-refractivity contribution is 5.69. The third-order valence-electron chi connectivity index (χ3n) is 3.14. The first-order valence-electron chi connectivity index (χ1n) is 6.39. The molecule has 0 radical (unpaired) electrons. The molecule has 7 heteroatoms.